The second kappa shape index (κ2) is 9.21. The van der Waals surface area contributed by atoms with Crippen LogP contribution in [0.1, 0.15) is 53.6 Å². The van der Waals surface area contributed by atoms with Gasteiger partial charge in [0.1, 0.15) is 23.5 Å². The molecule has 3 fully saturated rings. The van der Waals surface area contributed by atoms with E-state index < -0.39 is 47.2 Å². The molecule has 0 aromatic heterocycles. The molecule has 5 aliphatic rings. The van der Waals surface area contributed by atoms with Crippen molar-refractivity contribution in [3.8, 4) is 17.2 Å². The highest BCUT2D eigenvalue weighted by molar-refractivity contribution is 6.06. The van der Waals surface area contributed by atoms with Gasteiger partial charge in [0.2, 0.25) is 5.91 Å². The number of alkyl halides is 3. The number of hydrogen-bond acceptors (Lipinski definition) is 7. The molecule has 1 saturated heterocycles. The monoisotopic (exact) mass is 584 g/mol. The first-order chi connectivity index (χ1) is 19.9. The molecule has 2 heterocycles. The molecule has 11 heteroatoms. The largest absolute Gasteiger partial charge is 0.573 e. The second-order valence-corrected chi connectivity index (χ2v) is 12.2. The van der Waals surface area contributed by atoms with Crippen molar-refractivity contribution in [1.82, 2.24) is 9.80 Å². The van der Waals surface area contributed by atoms with Crippen molar-refractivity contribution in [3.05, 3.63) is 59.2 Å². The van der Waals surface area contributed by atoms with Crippen molar-refractivity contribution in [3.63, 3.8) is 0 Å². The maximum Gasteiger partial charge on any atom is 0.573 e. The van der Waals surface area contributed by atoms with E-state index in [0.717, 1.165) is 19.4 Å². The lowest BCUT2D eigenvalue weighted by atomic mass is 9.48. The quantitative estimate of drug-likeness (QED) is 0.495. The van der Waals surface area contributed by atoms with Crippen LogP contribution in [-0.2, 0) is 10.2 Å². The second-order valence-electron chi connectivity index (χ2n) is 12.2. The number of aromatic hydroxyl groups is 1. The number of carbonyl (C=O) groups is 2. The van der Waals surface area contributed by atoms with Gasteiger partial charge >= 0.3 is 6.36 Å². The molecular weight excluding hydrogens is 553 g/mol. The fourth-order valence-corrected chi connectivity index (χ4v) is 7.96. The minimum atomic E-state index is -4.83. The van der Waals surface area contributed by atoms with Gasteiger partial charge < -0.3 is 24.6 Å². The molecule has 1 amide bonds. The average molecular weight is 585 g/mol. The highest BCUT2D eigenvalue weighted by atomic mass is 19.4. The molecule has 2 aliphatic heterocycles. The van der Waals surface area contributed by atoms with Gasteiger partial charge in [-0.25, -0.2) is 0 Å². The number of carbonyl (C=O) groups excluding carboxylic acids is 2. The molecule has 2 saturated carbocycles. The molecule has 2 aromatic rings. The Labute approximate surface area is 240 Å². The number of benzene rings is 2. The zero-order valence-corrected chi connectivity index (χ0v) is 22.9. The number of rotatable bonds is 6. The molecule has 0 radical (unpaired) electrons. The lowest BCUT2D eigenvalue weighted by molar-refractivity contribution is -0.274. The van der Waals surface area contributed by atoms with E-state index >= 15 is 0 Å². The van der Waals surface area contributed by atoms with Crippen LogP contribution in [0, 0.1) is 5.92 Å². The minimum Gasteiger partial charge on any atom is -0.504 e. The number of phenols is 1. The van der Waals surface area contributed by atoms with Crippen LogP contribution in [0.4, 0.5) is 13.2 Å². The highest BCUT2D eigenvalue weighted by Gasteiger charge is 2.75. The van der Waals surface area contributed by atoms with Crippen LogP contribution in [0.3, 0.4) is 0 Å². The summed E-state index contributed by atoms with van der Waals surface area (Å²) >= 11 is 0. The van der Waals surface area contributed by atoms with Crippen LogP contribution in [0.25, 0.3) is 6.08 Å². The van der Waals surface area contributed by atoms with Gasteiger partial charge in [0.25, 0.3) is 0 Å². The summed E-state index contributed by atoms with van der Waals surface area (Å²) in [6, 6.07) is 7.18. The van der Waals surface area contributed by atoms with Gasteiger partial charge in [0.15, 0.2) is 17.3 Å². The summed E-state index contributed by atoms with van der Waals surface area (Å²) in [5, 5.41) is 23.3. The molecule has 5 atom stereocenters. The first-order valence-corrected chi connectivity index (χ1v) is 14.3. The smallest absolute Gasteiger partial charge is 0.504 e. The number of likely N-dealkylation sites (N-methyl/N-ethyl adjacent to an activating group) is 1. The molecule has 2 bridgehead atoms. The van der Waals surface area contributed by atoms with E-state index in [0.29, 0.717) is 42.0 Å². The molecule has 2 aromatic carbocycles. The van der Waals surface area contributed by atoms with E-state index in [1.807, 2.05) is 0 Å². The van der Waals surface area contributed by atoms with Crippen molar-refractivity contribution in [2.45, 2.75) is 67.7 Å². The predicted octanol–water partition coefficient (Wildman–Crippen LogP) is 4.04. The zero-order chi connectivity index (χ0) is 29.6. The maximum absolute atomic E-state index is 13.9. The van der Waals surface area contributed by atoms with Crippen molar-refractivity contribution >= 4 is 17.8 Å². The molecular formula is C31H31F3N2O6. The van der Waals surface area contributed by atoms with Gasteiger partial charge in [-0.1, -0.05) is 12.1 Å². The standard InChI is InChI=1S/C31H31F3N2O6/c1-35(23(38)10-7-17-3-2-4-19(15-17)42-31(32,33)34)21-11-12-30(40)27-25(39)20-8-9-22(37)26-24(20)29(30,28(21)41-26)13-14-36(27)16-18-5-6-18/h2-4,7-10,15,18,21,27-28,37,40H,5-6,11-14,16H2,1H3/t21-,27-,28+,29+,30-/m1/s1. The molecule has 1 spiro atoms. The number of phenolic OH excluding ortho intramolecular Hbond substituents is 1. The Morgan fingerprint density at radius 3 is 2.74 bits per heavy atom. The van der Waals surface area contributed by atoms with E-state index in [1.54, 1.807) is 19.2 Å². The summed E-state index contributed by atoms with van der Waals surface area (Å²) in [5.41, 5.74) is -1.06. The fourth-order valence-electron chi connectivity index (χ4n) is 7.96. The third-order valence-electron chi connectivity index (χ3n) is 9.93. The number of aliphatic hydroxyl groups is 1. The van der Waals surface area contributed by atoms with Crippen molar-refractivity contribution in [1.29, 1.82) is 0 Å². The lowest BCUT2D eigenvalue weighted by Gasteiger charge is -2.63. The number of nitrogens with zero attached hydrogens (tertiary/aromatic N) is 2. The van der Waals surface area contributed by atoms with E-state index in [4.69, 9.17) is 4.74 Å². The summed E-state index contributed by atoms with van der Waals surface area (Å²) in [5.74, 6) is -0.337. The minimum absolute atomic E-state index is 0.111. The number of piperidine rings is 1. The predicted molar refractivity (Wildman–Crippen MR) is 144 cm³/mol. The van der Waals surface area contributed by atoms with Crippen molar-refractivity contribution < 1.29 is 42.4 Å². The molecule has 7 rings (SSSR count). The Balaban J connectivity index is 1.21. The number of Topliss-reactive ketones (excluding diaryl/α,β-unsaturated/α-hetero) is 1. The van der Waals surface area contributed by atoms with E-state index in [1.165, 1.54) is 41.3 Å². The van der Waals surface area contributed by atoms with E-state index in [-0.39, 0.29) is 23.7 Å². The third kappa shape index (κ3) is 3.96. The van der Waals surface area contributed by atoms with Crippen LogP contribution in [0.15, 0.2) is 42.5 Å². The van der Waals surface area contributed by atoms with Crippen LogP contribution in [0.2, 0.25) is 0 Å². The van der Waals surface area contributed by atoms with Gasteiger partial charge in [-0.05, 0) is 73.9 Å². The Bertz CT molecular complexity index is 1510. The molecule has 222 valence electrons. The molecule has 0 unspecified atom stereocenters. The molecule has 2 N–H and O–H groups in total. The molecule has 42 heavy (non-hydrogen) atoms. The summed E-state index contributed by atoms with van der Waals surface area (Å²) in [6.07, 6.45) is 0.524. The normalized spacial score (nSPS) is 31.5. The Kier molecular flexibility index (Phi) is 5.98. The van der Waals surface area contributed by atoms with Gasteiger partial charge in [-0.15, -0.1) is 13.2 Å². The highest BCUT2D eigenvalue weighted by Crippen LogP contribution is 2.66. The van der Waals surface area contributed by atoms with Crippen LogP contribution in [0.5, 0.6) is 17.2 Å². The van der Waals surface area contributed by atoms with Gasteiger partial charge in [-0.2, -0.15) is 0 Å². The van der Waals surface area contributed by atoms with Crippen LogP contribution in [-0.4, -0.2) is 82.0 Å². The zero-order valence-electron chi connectivity index (χ0n) is 22.9. The summed E-state index contributed by atoms with van der Waals surface area (Å²) < 4.78 is 48.3. The number of ether oxygens (including phenoxy) is 2. The lowest BCUT2D eigenvalue weighted by Crippen LogP contribution is -2.79. The number of halogens is 3. The third-order valence-corrected chi connectivity index (χ3v) is 9.93. The first-order valence-electron chi connectivity index (χ1n) is 14.3. The average Bonchev–Trinajstić information content (AvgIpc) is 3.67. The van der Waals surface area contributed by atoms with Crippen LogP contribution >= 0.6 is 0 Å². The van der Waals surface area contributed by atoms with Gasteiger partial charge in [0.05, 0.1) is 11.5 Å². The SMILES string of the molecule is CN(C(=O)C=Cc1cccc(OC(F)(F)F)c1)[C@@H]1CC[C@@]2(O)[C@H]3C(=O)c4ccc(O)c5c4[C@@]2(CCN3CC2CC2)[C@H]1O5. The van der Waals surface area contributed by atoms with Crippen molar-refractivity contribution in [2.75, 3.05) is 20.1 Å². The Hall–Kier alpha value is -3.57. The number of hydrogen-bond donors (Lipinski definition) is 2. The number of ketones is 1. The summed E-state index contributed by atoms with van der Waals surface area (Å²) in [4.78, 5) is 31.0. The first kappa shape index (κ1) is 27.3. The molecule has 3 aliphatic carbocycles. The van der Waals surface area contributed by atoms with Gasteiger partial charge in [-0.3, -0.25) is 14.5 Å². The maximum atomic E-state index is 13.9. The van der Waals surface area contributed by atoms with Gasteiger partial charge in [0, 0.05) is 37.3 Å². The van der Waals surface area contributed by atoms with E-state index in [9.17, 15) is 33.0 Å². The molecule has 8 nitrogen and oxygen atoms in total. The number of amides is 1. The van der Waals surface area contributed by atoms with Crippen molar-refractivity contribution in [2.24, 2.45) is 5.92 Å². The summed E-state index contributed by atoms with van der Waals surface area (Å²) in [7, 11) is 1.63. The summed E-state index contributed by atoms with van der Waals surface area (Å²) in [6.45, 7) is 1.34. The van der Waals surface area contributed by atoms with E-state index in [2.05, 4.69) is 9.64 Å². The Morgan fingerprint density at radius 2 is 2.00 bits per heavy atom. The number of likely N-dealkylation sites (tertiary alicyclic amines) is 1. The topological polar surface area (TPSA) is 99.5 Å². The Morgan fingerprint density at radius 1 is 1.21 bits per heavy atom. The van der Waals surface area contributed by atoms with Crippen LogP contribution < -0.4 is 9.47 Å². The fraction of sp³-hybridized carbons (Fsp3) is 0.484.